The van der Waals surface area contributed by atoms with Crippen molar-refractivity contribution in [3.05, 3.63) is 71.8 Å². The Balaban J connectivity index is 2.05. The number of aliphatic hydroxyl groups is 1. The Hall–Kier alpha value is -1.60. The van der Waals surface area contributed by atoms with Crippen LogP contribution in [-0.4, -0.2) is 11.7 Å². The van der Waals surface area contributed by atoms with Gasteiger partial charge in [0.15, 0.2) is 0 Å². The highest BCUT2D eigenvalue weighted by Gasteiger charge is 2.49. The molecule has 1 saturated carbocycles. The van der Waals surface area contributed by atoms with Gasteiger partial charge in [0.25, 0.3) is 0 Å². The average molecular weight is 238 g/mol. The second-order valence-electron chi connectivity index (χ2n) is 5.27. The minimum Gasteiger partial charge on any atom is -0.396 e. The van der Waals surface area contributed by atoms with Gasteiger partial charge in [0.05, 0.1) is 0 Å². The molecule has 0 aromatic heterocycles. The molecular formula is C17H18O. The lowest BCUT2D eigenvalue weighted by Gasteiger charge is -2.26. The van der Waals surface area contributed by atoms with Crippen LogP contribution in [0.15, 0.2) is 60.7 Å². The fourth-order valence-electron chi connectivity index (χ4n) is 2.89. The maximum atomic E-state index is 9.75. The Bertz CT molecular complexity index is 460. The number of hydrogen-bond donors (Lipinski definition) is 1. The average Bonchev–Trinajstić information content (AvgIpc) is 3.23. The second kappa shape index (κ2) is 4.58. The van der Waals surface area contributed by atoms with E-state index < -0.39 is 0 Å². The zero-order chi connectivity index (χ0) is 12.4. The third-order valence-corrected chi connectivity index (χ3v) is 4.09. The highest BCUT2D eigenvalue weighted by Crippen LogP contribution is 2.58. The second-order valence-corrected chi connectivity index (χ2v) is 5.27. The first kappa shape index (κ1) is 11.5. The first-order valence-electron chi connectivity index (χ1n) is 6.56. The summed E-state index contributed by atoms with van der Waals surface area (Å²) in [5.74, 6) is 0.324. The Kier molecular flexibility index (Phi) is 2.92. The van der Waals surface area contributed by atoms with E-state index >= 15 is 0 Å². The lowest BCUT2D eigenvalue weighted by Crippen LogP contribution is -2.19. The molecule has 0 bridgehead atoms. The van der Waals surface area contributed by atoms with Crippen molar-refractivity contribution in [2.24, 2.45) is 5.41 Å². The molecule has 0 amide bonds. The zero-order valence-corrected chi connectivity index (χ0v) is 10.4. The first-order chi connectivity index (χ1) is 8.86. The summed E-state index contributed by atoms with van der Waals surface area (Å²) in [4.78, 5) is 0. The largest absolute Gasteiger partial charge is 0.396 e. The standard InChI is InChI=1S/C17H18O/c18-13-17(11-12-17)16(14-7-3-1-4-8-14)15-9-5-2-6-10-15/h1-10,16,18H,11-13H2. The molecule has 1 N–H and O–H groups in total. The van der Waals surface area contributed by atoms with E-state index in [2.05, 4.69) is 48.5 Å². The summed E-state index contributed by atoms with van der Waals surface area (Å²) in [6.07, 6.45) is 2.25. The van der Waals surface area contributed by atoms with E-state index in [-0.39, 0.29) is 12.0 Å². The smallest absolute Gasteiger partial charge is 0.0496 e. The predicted molar refractivity (Wildman–Crippen MR) is 73.5 cm³/mol. The molecule has 0 atom stereocenters. The van der Waals surface area contributed by atoms with Crippen LogP contribution in [-0.2, 0) is 0 Å². The minimum absolute atomic E-state index is 0.0721. The summed E-state index contributed by atoms with van der Waals surface area (Å²) in [6, 6.07) is 21.1. The summed E-state index contributed by atoms with van der Waals surface area (Å²) in [5, 5.41) is 9.75. The molecule has 1 aliphatic carbocycles. The van der Waals surface area contributed by atoms with Crippen LogP contribution in [0.1, 0.15) is 29.9 Å². The molecular weight excluding hydrogens is 220 g/mol. The van der Waals surface area contributed by atoms with Crippen LogP contribution in [0, 0.1) is 5.41 Å². The third-order valence-electron chi connectivity index (χ3n) is 4.09. The number of benzene rings is 2. The lowest BCUT2D eigenvalue weighted by molar-refractivity contribution is 0.197. The molecule has 0 unspecified atom stereocenters. The third kappa shape index (κ3) is 1.95. The van der Waals surface area contributed by atoms with Crippen molar-refractivity contribution in [2.75, 3.05) is 6.61 Å². The van der Waals surface area contributed by atoms with Crippen LogP contribution >= 0.6 is 0 Å². The topological polar surface area (TPSA) is 20.2 Å². The molecule has 92 valence electrons. The summed E-state index contributed by atoms with van der Waals surface area (Å²) in [6.45, 7) is 0.279. The molecule has 2 aromatic rings. The van der Waals surface area contributed by atoms with E-state index in [1.165, 1.54) is 11.1 Å². The Morgan fingerprint density at radius 1 is 0.833 bits per heavy atom. The quantitative estimate of drug-likeness (QED) is 0.863. The van der Waals surface area contributed by atoms with Crippen molar-refractivity contribution in [1.29, 1.82) is 0 Å². The highest BCUT2D eigenvalue weighted by molar-refractivity contribution is 5.37. The molecule has 0 saturated heterocycles. The molecule has 1 aliphatic rings. The fourth-order valence-corrected chi connectivity index (χ4v) is 2.89. The van der Waals surface area contributed by atoms with Gasteiger partial charge in [0.1, 0.15) is 0 Å². The van der Waals surface area contributed by atoms with Gasteiger partial charge in [-0.1, -0.05) is 60.7 Å². The van der Waals surface area contributed by atoms with Crippen molar-refractivity contribution in [3.63, 3.8) is 0 Å². The summed E-state index contributed by atoms with van der Waals surface area (Å²) >= 11 is 0. The molecule has 1 heteroatoms. The van der Waals surface area contributed by atoms with Crippen molar-refractivity contribution in [2.45, 2.75) is 18.8 Å². The van der Waals surface area contributed by atoms with Crippen LogP contribution in [0.25, 0.3) is 0 Å². The predicted octanol–water partition coefficient (Wildman–Crippen LogP) is 3.59. The van der Waals surface area contributed by atoms with Gasteiger partial charge in [0.2, 0.25) is 0 Å². The van der Waals surface area contributed by atoms with Gasteiger partial charge in [-0.15, -0.1) is 0 Å². The molecule has 0 heterocycles. The van der Waals surface area contributed by atoms with Crippen molar-refractivity contribution in [3.8, 4) is 0 Å². The fraction of sp³-hybridized carbons (Fsp3) is 0.294. The van der Waals surface area contributed by atoms with Gasteiger partial charge >= 0.3 is 0 Å². The van der Waals surface area contributed by atoms with Gasteiger partial charge in [-0.05, 0) is 24.0 Å². The van der Waals surface area contributed by atoms with Crippen molar-refractivity contribution in [1.82, 2.24) is 0 Å². The molecule has 0 radical (unpaired) electrons. The molecule has 0 aliphatic heterocycles. The van der Waals surface area contributed by atoms with Crippen molar-refractivity contribution >= 4 is 0 Å². The maximum absolute atomic E-state index is 9.75. The zero-order valence-electron chi connectivity index (χ0n) is 10.4. The molecule has 0 spiro atoms. The molecule has 2 aromatic carbocycles. The van der Waals surface area contributed by atoms with Crippen LogP contribution in [0.3, 0.4) is 0 Å². The number of hydrogen-bond acceptors (Lipinski definition) is 1. The normalized spacial score (nSPS) is 16.8. The van der Waals surface area contributed by atoms with Crippen LogP contribution in [0.2, 0.25) is 0 Å². The van der Waals surface area contributed by atoms with E-state index in [0.717, 1.165) is 12.8 Å². The van der Waals surface area contributed by atoms with Gasteiger partial charge in [-0.25, -0.2) is 0 Å². The minimum atomic E-state index is 0.0721. The van der Waals surface area contributed by atoms with E-state index in [4.69, 9.17) is 0 Å². The summed E-state index contributed by atoms with van der Waals surface area (Å²) < 4.78 is 0. The highest BCUT2D eigenvalue weighted by atomic mass is 16.3. The first-order valence-corrected chi connectivity index (χ1v) is 6.56. The Morgan fingerprint density at radius 2 is 1.28 bits per heavy atom. The molecule has 3 rings (SSSR count). The van der Waals surface area contributed by atoms with Gasteiger partial charge in [-0.3, -0.25) is 0 Å². The number of aliphatic hydroxyl groups excluding tert-OH is 1. The molecule has 1 nitrogen and oxygen atoms in total. The molecule has 1 fully saturated rings. The van der Waals surface area contributed by atoms with Crippen LogP contribution in [0.5, 0.6) is 0 Å². The van der Waals surface area contributed by atoms with E-state index in [1.807, 2.05) is 12.1 Å². The van der Waals surface area contributed by atoms with E-state index in [0.29, 0.717) is 5.92 Å². The van der Waals surface area contributed by atoms with Crippen LogP contribution < -0.4 is 0 Å². The number of rotatable bonds is 4. The van der Waals surface area contributed by atoms with E-state index in [1.54, 1.807) is 0 Å². The molecule has 18 heavy (non-hydrogen) atoms. The summed E-state index contributed by atoms with van der Waals surface area (Å²) in [7, 11) is 0. The summed E-state index contributed by atoms with van der Waals surface area (Å²) in [5.41, 5.74) is 2.70. The maximum Gasteiger partial charge on any atom is 0.0496 e. The van der Waals surface area contributed by atoms with Crippen LogP contribution in [0.4, 0.5) is 0 Å². The lowest BCUT2D eigenvalue weighted by atomic mass is 9.78. The van der Waals surface area contributed by atoms with Crippen molar-refractivity contribution < 1.29 is 5.11 Å². The van der Waals surface area contributed by atoms with Gasteiger partial charge in [0, 0.05) is 17.9 Å². The van der Waals surface area contributed by atoms with Gasteiger partial charge in [-0.2, -0.15) is 0 Å². The van der Waals surface area contributed by atoms with E-state index in [9.17, 15) is 5.11 Å². The monoisotopic (exact) mass is 238 g/mol. The Morgan fingerprint density at radius 3 is 1.61 bits per heavy atom. The Labute approximate surface area is 108 Å². The SMILES string of the molecule is OCC1(C(c2ccccc2)c2ccccc2)CC1. The van der Waals surface area contributed by atoms with Gasteiger partial charge < -0.3 is 5.11 Å².